The number of hydrogen-bond acceptors (Lipinski definition) is 3. The van der Waals surface area contributed by atoms with Gasteiger partial charge in [-0.25, -0.2) is 0 Å². The van der Waals surface area contributed by atoms with Gasteiger partial charge >= 0.3 is 0 Å². The summed E-state index contributed by atoms with van der Waals surface area (Å²) < 4.78 is 5.96. The lowest BCUT2D eigenvalue weighted by molar-refractivity contribution is -0.109. The second-order valence-corrected chi connectivity index (χ2v) is 5.95. The highest BCUT2D eigenvalue weighted by Gasteiger charge is 2.27. The van der Waals surface area contributed by atoms with Crippen molar-refractivity contribution in [3.63, 3.8) is 0 Å². The minimum Gasteiger partial charge on any atom is -0.406 e. The number of aliphatic hydroxyl groups is 1. The quantitative estimate of drug-likeness (QED) is 0.583. The van der Waals surface area contributed by atoms with Crippen LogP contribution in [0.4, 0.5) is 0 Å². The molecule has 0 aliphatic carbocycles. The molecule has 1 rings (SSSR count). The molecule has 4 heteroatoms. The minimum atomic E-state index is -1.26. The van der Waals surface area contributed by atoms with Crippen LogP contribution in [0.3, 0.4) is 0 Å². The Hall–Kier alpha value is -1.23. The van der Waals surface area contributed by atoms with Gasteiger partial charge in [-0.05, 0) is 38.3 Å². The van der Waals surface area contributed by atoms with E-state index in [0.29, 0.717) is 12.8 Å². The van der Waals surface area contributed by atoms with Crippen molar-refractivity contribution in [2.75, 3.05) is 6.61 Å². The van der Waals surface area contributed by atoms with Gasteiger partial charge in [-0.1, -0.05) is 36.4 Å². The summed E-state index contributed by atoms with van der Waals surface area (Å²) in [6, 6.07) is 9.90. The molecule has 0 saturated carbocycles. The highest BCUT2D eigenvalue weighted by atomic mass is 28.2. The van der Waals surface area contributed by atoms with Gasteiger partial charge in [-0.15, -0.1) is 0 Å². The zero-order chi connectivity index (χ0) is 14.1. The van der Waals surface area contributed by atoms with E-state index in [0.717, 1.165) is 5.56 Å². The van der Waals surface area contributed by atoms with E-state index in [1.165, 1.54) is 0 Å². The molecule has 0 bridgehead atoms. The van der Waals surface area contributed by atoms with Crippen LogP contribution in [0, 0.1) is 0 Å². The summed E-state index contributed by atoms with van der Waals surface area (Å²) in [5.74, 6) is 0. The molecule has 0 fully saturated rings. The summed E-state index contributed by atoms with van der Waals surface area (Å²) in [6.45, 7) is 3.96. The molecule has 3 nitrogen and oxygen atoms in total. The lowest BCUT2D eigenvalue weighted by atomic mass is 9.91. The molecular formula is C15H22O3Si. The Morgan fingerprint density at radius 3 is 2.68 bits per heavy atom. The van der Waals surface area contributed by atoms with E-state index in [9.17, 15) is 4.79 Å². The van der Waals surface area contributed by atoms with Crippen molar-refractivity contribution >= 4 is 15.2 Å². The molecule has 19 heavy (non-hydrogen) atoms. The van der Waals surface area contributed by atoms with Crippen LogP contribution in [0.15, 0.2) is 42.5 Å². The maximum Gasteiger partial charge on any atom is 0.241 e. The molecule has 1 atom stereocenters. The van der Waals surface area contributed by atoms with Crippen molar-refractivity contribution in [3.8, 4) is 0 Å². The zero-order valence-corrected chi connectivity index (χ0v) is 13.0. The van der Waals surface area contributed by atoms with E-state index in [2.05, 4.69) is 0 Å². The molecular weight excluding hydrogens is 256 g/mol. The van der Waals surface area contributed by atoms with Crippen molar-refractivity contribution in [2.45, 2.75) is 32.3 Å². The Kier molecular flexibility index (Phi) is 6.70. The van der Waals surface area contributed by atoms with E-state index < -0.39 is 15.4 Å². The molecule has 0 spiro atoms. The van der Waals surface area contributed by atoms with Crippen molar-refractivity contribution in [1.29, 1.82) is 0 Å². The third-order valence-corrected chi connectivity index (χ3v) is 4.38. The number of carbonyl (C=O) groups is 1. The molecule has 0 aliphatic heterocycles. The third-order valence-electron chi connectivity index (χ3n) is 3.08. The van der Waals surface area contributed by atoms with E-state index in [1.807, 2.05) is 44.2 Å². The summed E-state index contributed by atoms with van der Waals surface area (Å²) in [4.78, 5) is 11.6. The number of carbonyl (C=O) groups excluding carboxylic acids is 1. The average Bonchev–Trinajstić information content (AvgIpc) is 2.44. The molecule has 1 unspecified atom stereocenters. The lowest BCUT2D eigenvalue weighted by Crippen LogP contribution is -2.30. The number of allylic oxidation sites excluding steroid dienone is 2. The molecule has 1 aromatic rings. The first-order chi connectivity index (χ1) is 9.12. The van der Waals surface area contributed by atoms with E-state index in [4.69, 9.17) is 9.53 Å². The zero-order valence-electron chi connectivity index (χ0n) is 11.6. The number of aliphatic hydroxyl groups excluding tert-OH is 1. The normalized spacial score (nSPS) is 15.1. The van der Waals surface area contributed by atoms with Gasteiger partial charge in [0.1, 0.15) is 0 Å². The Balaban J connectivity index is 2.78. The lowest BCUT2D eigenvalue weighted by Gasteiger charge is -2.30. The van der Waals surface area contributed by atoms with E-state index in [1.54, 1.807) is 12.2 Å². The molecule has 0 aliphatic rings. The van der Waals surface area contributed by atoms with E-state index >= 15 is 0 Å². The second kappa shape index (κ2) is 8.04. The monoisotopic (exact) mass is 278 g/mol. The molecule has 0 amide bonds. The first-order valence-electron chi connectivity index (χ1n) is 6.58. The van der Waals surface area contributed by atoms with Gasteiger partial charge in [0.15, 0.2) is 5.41 Å². The standard InChI is InChI=1S/C15H22O3Si/c1-3-8-14(17)19-18-15(2,11-7-12-16)13-9-5-4-6-10-13/h3-6,8-10,16H,7,11-12,19H2,1-2H3. The fourth-order valence-electron chi connectivity index (χ4n) is 1.97. The maximum absolute atomic E-state index is 11.6. The van der Waals surface area contributed by atoms with Crippen LogP contribution >= 0.6 is 0 Å². The third kappa shape index (κ3) is 5.10. The van der Waals surface area contributed by atoms with Crippen molar-refractivity contribution in [3.05, 3.63) is 48.0 Å². The fraction of sp³-hybridized carbons (Fsp3) is 0.400. The first-order valence-corrected chi connectivity index (χ1v) is 7.86. The first kappa shape index (κ1) is 15.8. The Morgan fingerprint density at radius 2 is 2.11 bits per heavy atom. The average molecular weight is 278 g/mol. The summed E-state index contributed by atoms with van der Waals surface area (Å²) in [5.41, 5.74) is 0.581. The molecule has 1 aromatic carbocycles. The van der Waals surface area contributed by atoms with Gasteiger partial charge in [0.2, 0.25) is 9.76 Å². The Bertz CT molecular complexity index is 417. The van der Waals surface area contributed by atoms with Crippen LogP contribution in [0.5, 0.6) is 0 Å². The molecule has 0 radical (unpaired) electrons. The van der Waals surface area contributed by atoms with Crippen LogP contribution in [0.2, 0.25) is 0 Å². The Morgan fingerprint density at radius 1 is 1.42 bits per heavy atom. The summed E-state index contributed by atoms with van der Waals surface area (Å²) in [6.07, 6.45) is 4.69. The second-order valence-electron chi connectivity index (χ2n) is 4.68. The molecule has 0 aromatic heterocycles. The predicted molar refractivity (Wildman–Crippen MR) is 79.6 cm³/mol. The summed E-state index contributed by atoms with van der Waals surface area (Å²) in [7, 11) is -1.26. The van der Waals surface area contributed by atoms with Crippen molar-refractivity contribution in [1.82, 2.24) is 0 Å². The number of benzene rings is 1. The van der Waals surface area contributed by atoms with Gasteiger partial charge in [-0.2, -0.15) is 0 Å². The molecule has 0 saturated heterocycles. The van der Waals surface area contributed by atoms with E-state index in [-0.39, 0.29) is 12.0 Å². The maximum atomic E-state index is 11.6. The highest BCUT2D eigenvalue weighted by Crippen LogP contribution is 2.29. The number of hydrogen-bond donors (Lipinski definition) is 1. The predicted octanol–water partition coefficient (Wildman–Crippen LogP) is 1.88. The molecule has 1 N–H and O–H groups in total. The van der Waals surface area contributed by atoms with Gasteiger partial charge < -0.3 is 9.53 Å². The molecule has 104 valence electrons. The van der Waals surface area contributed by atoms with Crippen LogP contribution in [0.25, 0.3) is 0 Å². The van der Waals surface area contributed by atoms with Crippen LogP contribution in [0.1, 0.15) is 32.3 Å². The topological polar surface area (TPSA) is 46.5 Å². The molecule has 0 heterocycles. The van der Waals surface area contributed by atoms with Crippen molar-refractivity contribution < 1.29 is 14.3 Å². The van der Waals surface area contributed by atoms with Gasteiger partial charge in [0.25, 0.3) is 0 Å². The fourth-order valence-corrected chi connectivity index (χ4v) is 3.08. The number of rotatable bonds is 8. The Labute approximate surface area is 117 Å². The van der Waals surface area contributed by atoms with Gasteiger partial charge in [-0.3, -0.25) is 4.79 Å². The van der Waals surface area contributed by atoms with Crippen molar-refractivity contribution in [2.24, 2.45) is 0 Å². The van der Waals surface area contributed by atoms with Crippen LogP contribution < -0.4 is 0 Å². The summed E-state index contributed by atoms with van der Waals surface area (Å²) >= 11 is 0. The summed E-state index contributed by atoms with van der Waals surface area (Å²) in [5, 5.41) is 9.11. The highest BCUT2D eigenvalue weighted by molar-refractivity contribution is 6.71. The van der Waals surface area contributed by atoms with Crippen LogP contribution in [-0.4, -0.2) is 26.9 Å². The van der Waals surface area contributed by atoms with Gasteiger partial charge in [0.05, 0.1) is 5.60 Å². The SMILES string of the molecule is CC=CC(=O)[SiH2]OC(C)(CCCO)c1ccccc1. The van der Waals surface area contributed by atoms with Crippen LogP contribution in [-0.2, 0) is 14.8 Å². The largest absolute Gasteiger partial charge is 0.406 e. The van der Waals surface area contributed by atoms with Gasteiger partial charge in [0, 0.05) is 6.61 Å². The smallest absolute Gasteiger partial charge is 0.241 e. The minimum absolute atomic E-state index is 0.0913.